The summed E-state index contributed by atoms with van der Waals surface area (Å²) < 4.78 is 7.02. The van der Waals surface area contributed by atoms with Gasteiger partial charge in [-0.1, -0.05) is 67.3 Å². The molecule has 2 atom stereocenters. The van der Waals surface area contributed by atoms with Crippen molar-refractivity contribution in [2.24, 2.45) is 7.05 Å². The highest BCUT2D eigenvalue weighted by molar-refractivity contribution is 5.94. The van der Waals surface area contributed by atoms with Crippen LogP contribution in [-0.4, -0.2) is 53.0 Å². The van der Waals surface area contributed by atoms with Crippen molar-refractivity contribution in [3.05, 3.63) is 118 Å². The molecule has 8 heteroatoms. The third-order valence-electron chi connectivity index (χ3n) is 8.36. The quantitative estimate of drug-likeness (QED) is 0.356. The molecule has 8 nitrogen and oxygen atoms in total. The zero-order valence-corrected chi connectivity index (χ0v) is 23.3. The number of piperidine rings is 1. The molecule has 2 aliphatic rings. The number of amides is 2. The molecule has 3 aromatic rings. The monoisotopic (exact) mass is 553 g/mol. The number of nitrogens with one attached hydrogen (secondary N) is 1. The van der Waals surface area contributed by atoms with E-state index in [2.05, 4.69) is 11.9 Å². The van der Waals surface area contributed by atoms with Crippen molar-refractivity contribution in [3.8, 4) is 0 Å². The zero-order valence-electron chi connectivity index (χ0n) is 23.3. The van der Waals surface area contributed by atoms with E-state index >= 15 is 0 Å². The van der Waals surface area contributed by atoms with E-state index in [4.69, 9.17) is 4.74 Å². The third-order valence-corrected chi connectivity index (χ3v) is 8.36. The number of aryl methyl sites for hydroxylation is 1. The molecule has 2 amide bonds. The van der Waals surface area contributed by atoms with Gasteiger partial charge in [0.25, 0.3) is 11.5 Å². The summed E-state index contributed by atoms with van der Waals surface area (Å²) in [6.45, 7) is 4.80. The number of carbonyl (C=O) groups excluding carboxylic acids is 3. The summed E-state index contributed by atoms with van der Waals surface area (Å²) in [7, 11) is 1.61. The van der Waals surface area contributed by atoms with Crippen LogP contribution in [0.4, 0.5) is 0 Å². The number of nitrogens with zero attached hydrogens (tertiary/aromatic N) is 2. The number of aromatic nitrogens is 1. The normalized spacial score (nSPS) is 20.5. The number of benzene rings is 2. The van der Waals surface area contributed by atoms with E-state index in [1.54, 1.807) is 25.4 Å². The van der Waals surface area contributed by atoms with Crippen molar-refractivity contribution in [3.63, 3.8) is 0 Å². The molecule has 2 heterocycles. The van der Waals surface area contributed by atoms with E-state index in [1.165, 1.54) is 10.6 Å². The Kier molecular flexibility index (Phi) is 8.19. The van der Waals surface area contributed by atoms with E-state index in [0.717, 1.165) is 16.7 Å². The second-order valence-corrected chi connectivity index (χ2v) is 10.7. The van der Waals surface area contributed by atoms with Gasteiger partial charge in [-0.15, -0.1) is 0 Å². The Morgan fingerprint density at radius 1 is 1.00 bits per heavy atom. The fourth-order valence-electron chi connectivity index (χ4n) is 6.21. The summed E-state index contributed by atoms with van der Waals surface area (Å²) in [5.74, 6) is -1.08. The van der Waals surface area contributed by atoms with E-state index in [9.17, 15) is 19.2 Å². The lowest BCUT2D eigenvalue weighted by Gasteiger charge is -2.42. The fraction of sp³-hybridized carbons (Fsp3) is 0.333. The lowest BCUT2D eigenvalue weighted by molar-refractivity contribution is -0.149. The average molecular weight is 554 g/mol. The molecule has 1 aliphatic carbocycles. The SMILES string of the molecule is C=CCOC(=O)C1(c2ccccc2)CCC(C(=O)N2CCC(NC(=O)c3cccn(C)c3=O)CC2)c2ccccc21. The molecule has 212 valence electrons. The van der Waals surface area contributed by atoms with Crippen molar-refractivity contribution >= 4 is 17.8 Å². The van der Waals surface area contributed by atoms with Crippen LogP contribution in [0.3, 0.4) is 0 Å². The smallest absolute Gasteiger partial charge is 0.321 e. The fourth-order valence-corrected chi connectivity index (χ4v) is 6.21. The number of hydrogen-bond donors (Lipinski definition) is 1. The Labute approximate surface area is 239 Å². The van der Waals surface area contributed by atoms with E-state index in [-0.39, 0.29) is 41.6 Å². The Hall–Kier alpha value is -4.46. The molecule has 2 unspecified atom stereocenters. The van der Waals surface area contributed by atoms with Gasteiger partial charge in [-0.25, -0.2) is 0 Å². The van der Waals surface area contributed by atoms with E-state index in [1.807, 2.05) is 59.5 Å². The summed E-state index contributed by atoms with van der Waals surface area (Å²) in [5, 5.41) is 2.97. The van der Waals surface area contributed by atoms with Gasteiger partial charge in [0.1, 0.15) is 17.6 Å². The summed E-state index contributed by atoms with van der Waals surface area (Å²) in [6.07, 6.45) is 5.31. The van der Waals surface area contributed by atoms with Gasteiger partial charge < -0.3 is 19.5 Å². The molecule has 0 bridgehead atoms. The first-order chi connectivity index (χ1) is 19.9. The van der Waals surface area contributed by atoms with Crippen LogP contribution in [0.2, 0.25) is 0 Å². The Morgan fingerprint density at radius 3 is 2.44 bits per heavy atom. The van der Waals surface area contributed by atoms with Crippen LogP contribution >= 0.6 is 0 Å². The highest BCUT2D eigenvalue weighted by Gasteiger charge is 2.50. The number of carbonyl (C=O) groups is 3. The zero-order chi connectivity index (χ0) is 29.0. The van der Waals surface area contributed by atoms with Gasteiger partial charge in [-0.3, -0.25) is 19.2 Å². The molecular formula is C33H35N3O5. The maximum Gasteiger partial charge on any atom is 0.321 e. The maximum atomic E-state index is 13.9. The van der Waals surface area contributed by atoms with E-state index in [0.29, 0.717) is 38.8 Å². The van der Waals surface area contributed by atoms with Crippen LogP contribution < -0.4 is 10.9 Å². The van der Waals surface area contributed by atoms with Crippen molar-refractivity contribution < 1.29 is 19.1 Å². The molecule has 1 fully saturated rings. The van der Waals surface area contributed by atoms with Gasteiger partial charge in [0.05, 0.1) is 5.92 Å². The van der Waals surface area contributed by atoms with Gasteiger partial charge in [0, 0.05) is 32.4 Å². The summed E-state index contributed by atoms with van der Waals surface area (Å²) >= 11 is 0. The highest BCUT2D eigenvalue weighted by Crippen LogP contribution is 2.48. The topological polar surface area (TPSA) is 97.7 Å². The molecule has 0 spiro atoms. The van der Waals surface area contributed by atoms with Crippen LogP contribution in [0.1, 0.15) is 58.6 Å². The minimum absolute atomic E-state index is 0.0280. The number of fused-ring (bicyclic) bond motifs is 1. The maximum absolute atomic E-state index is 13.9. The number of esters is 1. The average Bonchev–Trinajstić information content (AvgIpc) is 3.01. The largest absolute Gasteiger partial charge is 0.461 e. The second-order valence-electron chi connectivity index (χ2n) is 10.7. The lowest BCUT2D eigenvalue weighted by Crippen LogP contribution is -2.50. The number of pyridine rings is 1. The first-order valence-electron chi connectivity index (χ1n) is 14.0. The van der Waals surface area contributed by atoms with Crippen molar-refractivity contribution in [2.75, 3.05) is 19.7 Å². The highest BCUT2D eigenvalue weighted by atomic mass is 16.5. The molecule has 1 saturated heterocycles. The number of hydrogen-bond acceptors (Lipinski definition) is 5. The standard InChI is InChI=1S/C33H35N3O5/c1-3-22-41-32(40)33(23-10-5-4-6-11-23)18-15-26(25-12-7-8-14-28(25)33)31(39)36-20-16-24(17-21-36)34-29(37)27-13-9-19-35(2)30(27)38/h3-14,19,24,26H,1,15-18,20-22H2,2H3,(H,34,37). The van der Waals surface area contributed by atoms with Crippen LogP contribution in [0.15, 0.2) is 90.4 Å². The molecule has 1 aliphatic heterocycles. The number of likely N-dealkylation sites (tertiary alicyclic amines) is 1. The van der Waals surface area contributed by atoms with Gasteiger partial charge >= 0.3 is 5.97 Å². The first kappa shape index (κ1) is 28.1. The molecule has 5 rings (SSSR count). The molecule has 2 aromatic carbocycles. The van der Waals surface area contributed by atoms with Gasteiger partial charge in [-0.05, 0) is 54.5 Å². The third kappa shape index (κ3) is 5.34. The van der Waals surface area contributed by atoms with Crippen LogP contribution in [0, 0.1) is 0 Å². The molecule has 0 saturated carbocycles. The van der Waals surface area contributed by atoms with Crippen molar-refractivity contribution in [2.45, 2.75) is 43.1 Å². The summed E-state index contributed by atoms with van der Waals surface area (Å²) in [4.78, 5) is 54.5. The first-order valence-corrected chi connectivity index (χ1v) is 14.0. The van der Waals surface area contributed by atoms with Gasteiger partial charge in [-0.2, -0.15) is 0 Å². The second kappa shape index (κ2) is 12.0. The lowest BCUT2D eigenvalue weighted by atomic mass is 9.63. The predicted octanol–water partition coefficient (Wildman–Crippen LogP) is 3.70. The number of ether oxygens (including phenoxy) is 1. The van der Waals surface area contributed by atoms with Crippen LogP contribution in [0.5, 0.6) is 0 Å². The Balaban J connectivity index is 1.33. The Morgan fingerprint density at radius 2 is 1.71 bits per heavy atom. The van der Waals surface area contributed by atoms with Gasteiger partial charge in [0.15, 0.2) is 0 Å². The Bertz CT molecular complexity index is 1510. The predicted molar refractivity (Wildman–Crippen MR) is 156 cm³/mol. The molecule has 41 heavy (non-hydrogen) atoms. The minimum atomic E-state index is -1.01. The molecule has 1 aromatic heterocycles. The molecule has 0 radical (unpaired) electrons. The number of rotatable bonds is 7. The minimum Gasteiger partial charge on any atom is -0.461 e. The van der Waals surface area contributed by atoms with Crippen LogP contribution in [-0.2, 0) is 26.8 Å². The molecular weight excluding hydrogens is 518 g/mol. The van der Waals surface area contributed by atoms with Crippen molar-refractivity contribution in [1.29, 1.82) is 0 Å². The van der Waals surface area contributed by atoms with Gasteiger partial charge in [0.2, 0.25) is 5.91 Å². The molecule has 1 N–H and O–H groups in total. The van der Waals surface area contributed by atoms with Crippen LogP contribution in [0.25, 0.3) is 0 Å². The van der Waals surface area contributed by atoms with Crippen molar-refractivity contribution in [1.82, 2.24) is 14.8 Å². The summed E-state index contributed by atoms with van der Waals surface area (Å²) in [5.41, 5.74) is 1.25. The van der Waals surface area contributed by atoms with E-state index < -0.39 is 11.3 Å². The summed E-state index contributed by atoms with van der Waals surface area (Å²) in [6, 6.07) is 20.4.